The fraction of sp³-hybridized carbons (Fsp3) is 0.522. The lowest BCUT2D eigenvalue weighted by Gasteiger charge is -2.44. The van der Waals surface area contributed by atoms with E-state index in [4.69, 9.17) is 5.73 Å². The Morgan fingerprint density at radius 2 is 1.84 bits per heavy atom. The highest BCUT2D eigenvalue weighted by atomic mass is 19.4. The number of hydrogen-bond donors (Lipinski definition) is 3. The van der Waals surface area contributed by atoms with E-state index in [-0.39, 0.29) is 18.1 Å². The Hall–Kier alpha value is -2.86. The van der Waals surface area contributed by atoms with Crippen LogP contribution in [-0.4, -0.2) is 22.6 Å². The van der Waals surface area contributed by atoms with Crippen molar-refractivity contribution < 1.29 is 13.2 Å². The van der Waals surface area contributed by atoms with E-state index in [0.29, 0.717) is 41.7 Å². The molecule has 4 rings (SSSR count). The van der Waals surface area contributed by atoms with Crippen molar-refractivity contribution in [3.63, 3.8) is 0 Å². The van der Waals surface area contributed by atoms with Gasteiger partial charge in [0, 0.05) is 19.1 Å². The number of hydrogen-bond acceptors (Lipinski definition) is 6. The minimum Gasteiger partial charge on any atom is -0.369 e. The van der Waals surface area contributed by atoms with Gasteiger partial charge in [-0.1, -0.05) is 24.6 Å². The van der Waals surface area contributed by atoms with Gasteiger partial charge in [0.05, 0.1) is 11.8 Å². The van der Waals surface area contributed by atoms with Gasteiger partial charge in [0.2, 0.25) is 5.95 Å². The second-order valence-electron chi connectivity index (χ2n) is 8.82. The van der Waals surface area contributed by atoms with Crippen molar-refractivity contribution >= 4 is 11.8 Å². The normalized spacial score (nSPS) is 25.1. The molecule has 1 aromatic heterocycles. The Balaban J connectivity index is 1.42. The van der Waals surface area contributed by atoms with Crippen molar-refractivity contribution in [3.8, 4) is 6.07 Å². The fourth-order valence-corrected chi connectivity index (χ4v) is 5.13. The Labute approximate surface area is 185 Å². The number of nitriles is 1. The van der Waals surface area contributed by atoms with Crippen molar-refractivity contribution in [3.05, 3.63) is 47.2 Å². The minimum absolute atomic E-state index is 0.0785. The number of alkyl halides is 3. The van der Waals surface area contributed by atoms with Crippen molar-refractivity contribution in [1.82, 2.24) is 9.97 Å². The molecule has 0 saturated heterocycles. The van der Waals surface area contributed by atoms with E-state index in [0.717, 1.165) is 18.9 Å². The number of nitrogens with one attached hydrogen (secondary N) is 2. The van der Waals surface area contributed by atoms with E-state index in [1.165, 1.54) is 37.6 Å². The van der Waals surface area contributed by atoms with Crippen LogP contribution in [0.1, 0.15) is 48.8 Å². The van der Waals surface area contributed by atoms with E-state index in [2.05, 4.69) is 26.7 Å². The van der Waals surface area contributed by atoms with E-state index in [1.807, 2.05) is 0 Å². The van der Waals surface area contributed by atoms with Gasteiger partial charge in [0.25, 0.3) is 0 Å². The van der Waals surface area contributed by atoms with Crippen LogP contribution >= 0.6 is 0 Å². The van der Waals surface area contributed by atoms with Gasteiger partial charge in [-0.3, -0.25) is 0 Å². The molecule has 2 saturated carbocycles. The zero-order valence-electron chi connectivity index (χ0n) is 17.7. The molecular formula is C23H27F3N6. The van der Waals surface area contributed by atoms with Crippen LogP contribution in [0.3, 0.4) is 0 Å². The summed E-state index contributed by atoms with van der Waals surface area (Å²) < 4.78 is 39.6. The predicted molar refractivity (Wildman–Crippen MR) is 116 cm³/mol. The molecule has 0 amide bonds. The summed E-state index contributed by atoms with van der Waals surface area (Å²) >= 11 is 0. The van der Waals surface area contributed by atoms with Gasteiger partial charge in [0.15, 0.2) is 0 Å². The molecule has 0 radical (unpaired) electrons. The lowest BCUT2D eigenvalue weighted by atomic mass is 9.65. The average molecular weight is 445 g/mol. The highest BCUT2D eigenvalue weighted by molar-refractivity contribution is 5.53. The first-order valence-corrected chi connectivity index (χ1v) is 11.0. The molecule has 1 unspecified atom stereocenters. The first kappa shape index (κ1) is 22.3. The van der Waals surface area contributed by atoms with Crippen molar-refractivity contribution in [2.75, 3.05) is 17.2 Å². The molecule has 6 nitrogen and oxygen atoms in total. The van der Waals surface area contributed by atoms with Gasteiger partial charge in [-0.05, 0) is 55.1 Å². The van der Waals surface area contributed by atoms with Crippen molar-refractivity contribution in [2.45, 2.75) is 50.9 Å². The van der Waals surface area contributed by atoms with Gasteiger partial charge in [-0.25, -0.2) is 4.98 Å². The molecule has 2 bridgehead atoms. The van der Waals surface area contributed by atoms with Crippen LogP contribution in [0.15, 0.2) is 30.5 Å². The maximum atomic E-state index is 13.2. The third-order valence-corrected chi connectivity index (χ3v) is 6.74. The van der Waals surface area contributed by atoms with E-state index >= 15 is 0 Å². The molecule has 2 aromatic rings. The number of aromatic nitrogens is 2. The van der Waals surface area contributed by atoms with E-state index < -0.39 is 11.7 Å². The number of benzene rings is 1. The standard InChI is InChI=1S/C23H27F3N6/c24-23(25,26)19-7-2-1-4-17(19)12-30-22-31-13-18(10-27)21(32-22)29-11-14-8-15-5-3-6-16(9-14)20(15)28/h1-2,4,7,13-16,20H,3,5-6,8-9,11-12,28H2,(H2,29,30,31,32)/t14?,15-,16+,20-. The van der Waals surface area contributed by atoms with Crippen LogP contribution in [0.25, 0.3) is 0 Å². The van der Waals surface area contributed by atoms with Crippen molar-refractivity contribution in [2.24, 2.45) is 23.5 Å². The molecule has 2 fully saturated rings. The number of fused-ring (bicyclic) bond motifs is 2. The van der Waals surface area contributed by atoms with E-state index in [1.54, 1.807) is 6.07 Å². The molecule has 170 valence electrons. The van der Waals surface area contributed by atoms with Crippen LogP contribution in [0, 0.1) is 29.1 Å². The molecular weight excluding hydrogens is 417 g/mol. The zero-order chi connectivity index (χ0) is 22.7. The maximum absolute atomic E-state index is 13.2. The Morgan fingerprint density at radius 3 is 2.53 bits per heavy atom. The second-order valence-corrected chi connectivity index (χ2v) is 8.82. The van der Waals surface area contributed by atoms with Gasteiger partial charge in [-0.2, -0.15) is 23.4 Å². The van der Waals surface area contributed by atoms with Crippen molar-refractivity contribution in [1.29, 1.82) is 5.26 Å². The smallest absolute Gasteiger partial charge is 0.369 e. The Kier molecular flexibility index (Phi) is 6.51. The summed E-state index contributed by atoms with van der Waals surface area (Å²) in [6, 6.07) is 7.76. The molecule has 32 heavy (non-hydrogen) atoms. The topological polar surface area (TPSA) is 99.6 Å². The maximum Gasteiger partial charge on any atom is 0.416 e. The molecule has 4 N–H and O–H groups in total. The Morgan fingerprint density at radius 1 is 1.12 bits per heavy atom. The van der Waals surface area contributed by atoms with Crippen LogP contribution < -0.4 is 16.4 Å². The van der Waals surface area contributed by atoms with Gasteiger partial charge in [-0.15, -0.1) is 0 Å². The fourth-order valence-electron chi connectivity index (χ4n) is 5.13. The third kappa shape index (κ3) is 4.96. The number of nitrogens with zero attached hydrogens (tertiary/aromatic N) is 3. The van der Waals surface area contributed by atoms with Crippen LogP contribution in [0.2, 0.25) is 0 Å². The van der Waals surface area contributed by atoms with Gasteiger partial charge >= 0.3 is 6.18 Å². The van der Waals surface area contributed by atoms with Crippen LogP contribution in [-0.2, 0) is 12.7 Å². The first-order chi connectivity index (χ1) is 15.3. The Bertz CT molecular complexity index is 972. The summed E-state index contributed by atoms with van der Waals surface area (Å²) in [4.78, 5) is 8.45. The molecule has 9 heteroatoms. The lowest BCUT2D eigenvalue weighted by molar-refractivity contribution is -0.138. The highest BCUT2D eigenvalue weighted by Gasteiger charge is 2.38. The molecule has 4 atom stereocenters. The van der Waals surface area contributed by atoms with Crippen LogP contribution in [0.5, 0.6) is 0 Å². The average Bonchev–Trinajstić information content (AvgIpc) is 2.76. The largest absolute Gasteiger partial charge is 0.416 e. The van der Waals surface area contributed by atoms with E-state index in [9.17, 15) is 18.4 Å². The number of nitrogens with two attached hydrogens (primary N) is 1. The summed E-state index contributed by atoms with van der Waals surface area (Å²) in [5, 5.41) is 15.5. The third-order valence-electron chi connectivity index (χ3n) is 6.74. The number of rotatable bonds is 6. The molecule has 2 aliphatic rings. The number of halogens is 3. The summed E-state index contributed by atoms with van der Waals surface area (Å²) in [7, 11) is 0. The molecule has 1 aromatic carbocycles. The molecule has 2 aliphatic carbocycles. The quantitative estimate of drug-likeness (QED) is 0.605. The minimum atomic E-state index is -4.43. The number of anilines is 2. The molecule has 1 heterocycles. The summed E-state index contributed by atoms with van der Waals surface area (Å²) in [6.45, 7) is 0.604. The van der Waals surface area contributed by atoms with Crippen LogP contribution in [0.4, 0.5) is 24.9 Å². The first-order valence-electron chi connectivity index (χ1n) is 11.0. The molecule has 0 spiro atoms. The second kappa shape index (κ2) is 9.33. The zero-order valence-corrected chi connectivity index (χ0v) is 17.7. The summed E-state index contributed by atoms with van der Waals surface area (Å²) in [5.74, 6) is 2.14. The lowest BCUT2D eigenvalue weighted by Crippen LogP contribution is -2.47. The van der Waals surface area contributed by atoms with Gasteiger partial charge in [0.1, 0.15) is 17.5 Å². The van der Waals surface area contributed by atoms with Gasteiger partial charge < -0.3 is 16.4 Å². The predicted octanol–water partition coefficient (Wildman–Crippen LogP) is 4.54. The SMILES string of the molecule is N#Cc1cnc(NCc2ccccc2C(F)(F)F)nc1NCC1C[C@H]2CCC[C@@H](C1)[C@@H]2N. The summed E-state index contributed by atoms with van der Waals surface area (Å²) in [5.41, 5.74) is 6.09. The summed E-state index contributed by atoms with van der Waals surface area (Å²) in [6.07, 6.45) is 2.70. The monoisotopic (exact) mass is 444 g/mol. The highest BCUT2D eigenvalue weighted by Crippen LogP contribution is 2.42. The molecule has 0 aliphatic heterocycles.